The van der Waals surface area contributed by atoms with E-state index < -0.39 is 35.4 Å². The lowest BCUT2D eigenvalue weighted by Gasteiger charge is -2.23. The van der Waals surface area contributed by atoms with E-state index in [1.807, 2.05) is 20.8 Å². The number of halogens is 1. The van der Waals surface area contributed by atoms with E-state index in [0.29, 0.717) is 0 Å². The van der Waals surface area contributed by atoms with Crippen LogP contribution in [0.2, 0.25) is 0 Å². The van der Waals surface area contributed by atoms with E-state index in [1.165, 1.54) is 18.2 Å². The van der Waals surface area contributed by atoms with Gasteiger partial charge in [0.05, 0.1) is 5.60 Å². The molecule has 1 aromatic carbocycles. The second-order valence-electron chi connectivity index (χ2n) is 6.59. The number of benzene rings is 1. The van der Waals surface area contributed by atoms with Gasteiger partial charge in [-0.05, 0) is 39.3 Å². The van der Waals surface area contributed by atoms with Gasteiger partial charge in [0, 0.05) is 13.0 Å². The lowest BCUT2D eigenvalue weighted by molar-refractivity contribution is -0.144. The van der Waals surface area contributed by atoms with Crippen molar-refractivity contribution in [1.82, 2.24) is 5.32 Å². The molecule has 25 heavy (non-hydrogen) atoms. The second kappa shape index (κ2) is 9.36. The van der Waals surface area contributed by atoms with Crippen molar-refractivity contribution in [3.05, 3.63) is 30.1 Å². The van der Waals surface area contributed by atoms with Crippen LogP contribution in [0.5, 0.6) is 5.75 Å². The van der Waals surface area contributed by atoms with E-state index in [0.717, 1.165) is 0 Å². The number of hydrogen-bond acceptors (Lipinski definition) is 4. The number of amides is 1. The van der Waals surface area contributed by atoms with Gasteiger partial charge in [-0.15, -0.1) is 0 Å². The maximum atomic E-state index is 13.7. The molecule has 0 fully saturated rings. The van der Waals surface area contributed by atoms with Crippen LogP contribution in [0.4, 0.5) is 4.39 Å². The van der Waals surface area contributed by atoms with Crippen LogP contribution in [0.1, 0.15) is 40.5 Å². The largest absolute Gasteiger partial charge is 0.480 e. The van der Waals surface area contributed by atoms with Gasteiger partial charge in [-0.25, -0.2) is 9.18 Å². The summed E-state index contributed by atoms with van der Waals surface area (Å²) >= 11 is 0. The van der Waals surface area contributed by atoms with Gasteiger partial charge in [-0.2, -0.15) is 0 Å². The van der Waals surface area contributed by atoms with E-state index in [4.69, 9.17) is 9.47 Å². The lowest BCUT2D eigenvalue weighted by Crippen LogP contribution is -2.47. The molecule has 2 atom stereocenters. The van der Waals surface area contributed by atoms with Crippen LogP contribution in [0.15, 0.2) is 24.3 Å². The molecular formula is C18H26FNO5. The van der Waals surface area contributed by atoms with Crippen LogP contribution in [-0.2, 0) is 14.3 Å². The zero-order chi connectivity index (χ0) is 19.0. The average molecular weight is 355 g/mol. The number of carboxylic acids is 1. The van der Waals surface area contributed by atoms with E-state index in [9.17, 15) is 19.1 Å². The molecule has 1 aromatic rings. The second-order valence-corrected chi connectivity index (χ2v) is 6.59. The number of carbonyl (C=O) groups is 2. The highest BCUT2D eigenvalue weighted by Crippen LogP contribution is 2.18. The first kappa shape index (κ1) is 20.9. The molecule has 0 heterocycles. The molecule has 0 saturated heterocycles. The predicted molar refractivity (Wildman–Crippen MR) is 91.0 cm³/mol. The Morgan fingerprint density at radius 1 is 1.28 bits per heavy atom. The van der Waals surface area contributed by atoms with Crippen molar-refractivity contribution in [3.63, 3.8) is 0 Å². The van der Waals surface area contributed by atoms with Crippen LogP contribution in [-0.4, -0.2) is 41.3 Å². The standard InChI is InChI=1S/C18H26FNO5/c1-5-14(25-15-9-7-6-8-12(15)19)16(21)20-13(17(22)23)10-11-24-18(2,3)4/h6-9,13-14H,5,10-11H2,1-4H3,(H,20,21)(H,22,23). The third-order valence-electron chi connectivity index (χ3n) is 3.33. The average Bonchev–Trinajstić information content (AvgIpc) is 2.51. The first-order valence-corrected chi connectivity index (χ1v) is 8.22. The van der Waals surface area contributed by atoms with Crippen LogP contribution >= 0.6 is 0 Å². The van der Waals surface area contributed by atoms with Crippen molar-refractivity contribution in [2.24, 2.45) is 0 Å². The van der Waals surface area contributed by atoms with Crippen LogP contribution < -0.4 is 10.1 Å². The number of aliphatic carboxylic acids is 1. The summed E-state index contributed by atoms with van der Waals surface area (Å²) in [5, 5.41) is 11.7. The number of rotatable bonds is 9. The van der Waals surface area contributed by atoms with Gasteiger partial charge < -0.3 is 19.9 Å². The fraction of sp³-hybridized carbons (Fsp3) is 0.556. The molecule has 2 N–H and O–H groups in total. The molecule has 6 nitrogen and oxygen atoms in total. The molecule has 0 bridgehead atoms. The highest BCUT2D eigenvalue weighted by Gasteiger charge is 2.26. The third-order valence-corrected chi connectivity index (χ3v) is 3.33. The Morgan fingerprint density at radius 2 is 1.92 bits per heavy atom. The molecule has 0 radical (unpaired) electrons. The van der Waals surface area contributed by atoms with Crippen LogP contribution in [0.25, 0.3) is 0 Å². The zero-order valence-corrected chi connectivity index (χ0v) is 15.0. The Hall–Kier alpha value is -2.15. The first-order chi connectivity index (χ1) is 11.6. The highest BCUT2D eigenvalue weighted by molar-refractivity contribution is 5.86. The summed E-state index contributed by atoms with van der Waals surface area (Å²) in [7, 11) is 0. The normalized spacial score (nSPS) is 13.8. The summed E-state index contributed by atoms with van der Waals surface area (Å²) in [6.45, 7) is 7.46. The predicted octanol–water partition coefficient (Wildman–Crippen LogP) is 2.76. The zero-order valence-electron chi connectivity index (χ0n) is 15.0. The monoisotopic (exact) mass is 355 g/mol. The summed E-state index contributed by atoms with van der Waals surface area (Å²) in [5.41, 5.74) is -0.396. The quantitative estimate of drug-likeness (QED) is 0.711. The third kappa shape index (κ3) is 7.51. The van der Waals surface area contributed by atoms with Crippen LogP contribution in [0, 0.1) is 5.82 Å². The van der Waals surface area contributed by atoms with Gasteiger partial charge in [0.15, 0.2) is 17.7 Å². The number of carbonyl (C=O) groups excluding carboxylic acids is 1. The summed E-state index contributed by atoms with van der Waals surface area (Å²) in [6, 6.07) is 4.64. The number of carboxylic acid groups (broad SMARTS) is 1. The molecule has 1 amide bonds. The van der Waals surface area contributed by atoms with Gasteiger partial charge in [0.1, 0.15) is 6.04 Å². The van der Waals surface area contributed by atoms with Gasteiger partial charge in [0.2, 0.25) is 0 Å². The van der Waals surface area contributed by atoms with Gasteiger partial charge in [0.25, 0.3) is 5.91 Å². The summed E-state index contributed by atoms with van der Waals surface area (Å²) in [6.07, 6.45) is -0.596. The van der Waals surface area contributed by atoms with E-state index in [2.05, 4.69) is 5.32 Å². The van der Waals surface area contributed by atoms with Gasteiger partial charge in [-0.3, -0.25) is 4.79 Å². The van der Waals surface area contributed by atoms with Crippen molar-refractivity contribution in [2.75, 3.05) is 6.61 Å². The van der Waals surface area contributed by atoms with Gasteiger partial charge in [-0.1, -0.05) is 19.1 Å². The molecule has 0 aliphatic rings. The molecule has 140 valence electrons. The maximum Gasteiger partial charge on any atom is 0.326 e. The Bertz CT molecular complexity index is 585. The first-order valence-electron chi connectivity index (χ1n) is 8.22. The van der Waals surface area contributed by atoms with Crippen LogP contribution in [0.3, 0.4) is 0 Å². The van der Waals surface area contributed by atoms with E-state index >= 15 is 0 Å². The Balaban J connectivity index is 2.67. The van der Waals surface area contributed by atoms with Crippen molar-refractivity contribution in [1.29, 1.82) is 0 Å². The summed E-state index contributed by atoms with van der Waals surface area (Å²) in [4.78, 5) is 23.6. The molecule has 2 unspecified atom stereocenters. The summed E-state index contributed by atoms with van der Waals surface area (Å²) < 4.78 is 24.5. The topological polar surface area (TPSA) is 84.9 Å². The minimum absolute atomic E-state index is 0.0487. The number of nitrogens with one attached hydrogen (secondary N) is 1. The molecule has 7 heteroatoms. The molecule has 0 aliphatic heterocycles. The minimum Gasteiger partial charge on any atom is -0.480 e. The highest BCUT2D eigenvalue weighted by atomic mass is 19.1. The molecule has 0 spiro atoms. The molecule has 1 rings (SSSR count). The Labute approximate surface area is 147 Å². The molecule has 0 aromatic heterocycles. The molecular weight excluding hydrogens is 329 g/mol. The lowest BCUT2D eigenvalue weighted by atomic mass is 10.1. The molecule has 0 saturated carbocycles. The van der Waals surface area contributed by atoms with Crippen molar-refractivity contribution in [2.45, 2.75) is 58.3 Å². The number of ether oxygens (including phenoxy) is 2. The fourth-order valence-electron chi connectivity index (χ4n) is 2.02. The van der Waals surface area contributed by atoms with Crippen molar-refractivity contribution >= 4 is 11.9 Å². The fourth-order valence-corrected chi connectivity index (χ4v) is 2.02. The van der Waals surface area contributed by atoms with Gasteiger partial charge >= 0.3 is 5.97 Å². The van der Waals surface area contributed by atoms with E-state index in [1.54, 1.807) is 13.0 Å². The number of hydrogen-bond donors (Lipinski definition) is 2. The van der Waals surface area contributed by atoms with E-state index in [-0.39, 0.29) is 25.2 Å². The van der Waals surface area contributed by atoms with Crippen molar-refractivity contribution in [3.8, 4) is 5.75 Å². The smallest absolute Gasteiger partial charge is 0.326 e. The molecule has 0 aliphatic carbocycles. The van der Waals surface area contributed by atoms with Crippen molar-refractivity contribution < 1.29 is 28.6 Å². The SMILES string of the molecule is CCC(Oc1ccccc1F)C(=O)NC(CCOC(C)(C)C)C(=O)O. The number of para-hydroxylation sites is 1. The Kier molecular flexibility index (Phi) is 7.83. The maximum absolute atomic E-state index is 13.7. The summed E-state index contributed by atoms with van der Waals surface area (Å²) in [5.74, 6) is -2.39. The minimum atomic E-state index is -1.16. The Morgan fingerprint density at radius 3 is 2.44 bits per heavy atom.